The predicted octanol–water partition coefficient (Wildman–Crippen LogP) is 0.879. The first-order chi connectivity index (χ1) is 9.18. The average Bonchev–Trinajstić information content (AvgIpc) is 2.73. The molecule has 7 nitrogen and oxygen atoms in total. The standard InChI is InChI=1S/C10H10FN3O4S2/c1-14-7-8(6-12-14)13-20(17,18)10-4-2-9(3-5-10)19(11,15)16/h2-7,13H,1H3. The Hall–Kier alpha value is -1.94. The molecule has 0 saturated heterocycles. The minimum atomic E-state index is -4.85. The minimum Gasteiger partial charge on any atom is -0.276 e. The number of hydrogen-bond donors (Lipinski definition) is 1. The summed E-state index contributed by atoms with van der Waals surface area (Å²) in [5.74, 6) is 0. The van der Waals surface area contributed by atoms with Crippen molar-refractivity contribution in [1.29, 1.82) is 0 Å². The fourth-order valence-electron chi connectivity index (χ4n) is 1.47. The number of rotatable bonds is 4. The molecule has 0 aliphatic heterocycles. The molecule has 2 rings (SSSR count). The minimum absolute atomic E-state index is 0.186. The van der Waals surface area contributed by atoms with Crippen molar-refractivity contribution in [3.8, 4) is 0 Å². The van der Waals surface area contributed by atoms with Crippen LogP contribution in [0, 0.1) is 0 Å². The van der Waals surface area contributed by atoms with E-state index in [0.29, 0.717) is 0 Å². The van der Waals surface area contributed by atoms with Gasteiger partial charge in [-0.2, -0.15) is 13.5 Å². The summed E-state index contributed by atoms with van der Waals surface area (Å²) in [6, 6.07) is 3.77. The molecular weight excluding hydrogens is 309 g/mol. The Balaban J connectivity index is 2.30. The van der Waals surface area contributed by atoms with Crippen LogP contribution in [0.3, 0.4) is 0 Å². The number of halogens is 1. The maximum Gasteiger partial charge on any atom is 0.332 e. The van der Waals surface area contributed by atoms with Crippen LogP contribution in [0.4, 0.5) is 9.57 Å². The summed E-state index contributed by atoms with van der Waals surface area (Å²) >= 11 is 0. The van der Waals surface area contributed by atoms with Crippen LogP contribution in [0.15, 0.2) is 46.5 Å². The van der Waals surface area contributed by atoms with Crippen LogP contribution in [-0.2, 0) is 27.3 Å². The lowest BCUT2D eigenvalue weighted by molar-refractivity contribution is 0.551. The molecule has 0 unspecified atom stereocenters. The highest BCUT2D eigenvalue weighted by Gasteiger charge is 2.17. The largest absolute Gasteiger partial charge is 0.332 e. The van der Waals surface area contributed by atoms with E-state index in [1.54, 1.807) is 7.05 Å². The third kappa shape index (κ3) is 3.14. The number of nitrogens with zero attached hydrogens (tertiary/aromatic N) is 2. The lowest BCUT2D eigenvalue weighted by atomic mass is 10.4. The zero-order chi connectivity index (χ0) is 15.0. The Bertz CT molecular complexity index is 826. The summed E-state index contributed by atoms with van der Waals surface area (Å²) < 4.78 is 61.6. The monoisotopic (exact) mass is 319 g/mol. The summed E-state index contributed by atoms with van der Waals surface area (Å²) in [6.45, 7) is 0. The van der Waals surface area contributed by atoms with Crippen LogP contribution in [0.25, 0.3) is 0 Å². The maximum atomic E-state index is 12.7. The summed E-state index contributed by atoms with van der Waals surface area (Å²) in [6.07, 6.45) is 2.77. The lowest BCUT2D eigenvalue weighted by Gasteiger charge is -2.05. The van der Waals surface area contributed by atoms with Crippen molar-refractivity contribution in [1.82, 2.24) is 9.78 Å². The molecule has 1 aromatic carbocycles. The molecule has 0 saturated carbocycles. The van der Waals surface area contributed by atoms with Crippen LogP contribution in [0.5, 0.6) is 0 Å². The van der Waals surface area contributed by atoms with Crippen LogP contribution in [-0.4, -0.2) is 26.6 Å². The van der Waals surface area contributed by atoms with Gasteiger partial charge >= 0.3 is 10.2 Å². The van der Waals surface area contributed by atoms with Gasteiger partial charge in [-0.05, 0) is 24.3 Å². The van der Waals surface area contributed by atoms with Gasteiger partial charge in [-0.1, -0.05) is 0 Å². The van der Waals surface area contributed by atoms with Gasteiger partial charge in [0.05, 0.1) is 21.7 Å². The van der Waals surface area contributed by atoms with Crippen molar-refractivity contribution < 1.29 is 20.7 Å². The Morgan fingerprint density at radius 1 is 1.10 bits per heavy atom. The first-order valence-corrected chi connectivity index (χ1v) is 8.11. The number of aryl methyl sites for hydroxylation is 1. The Morgan fingerprint density at radius 2 is 1.65 bits per heavy atom. The van der Waals surface area contributed by atoms with E-state index in [1.165, 1.54) is 17.1 Å². The van der Waals surface area contributed by atoms with Gasteiger partial charge in [-0.3, -0.25) is 9.40 Å². The summed E-state index contributed by atoms with van der Waals surface area (Å²) in [4.78, 5) is -0.786. The Labute approximate surface area is 115 Å². The third-order valence-corrected chi connectivity index (χ3v) is 4.61. The van der Waals surface area contributed by atoms with Gasteiger partial charge in [0, 0.05) is 13.2 Å². The fraction of sp³-hybridized carbons (Fsp3) is 0.100. The van der Waals surface area contributed by atoms with Crippen LogP contribution in [0.2, 0.25) is 0 Å². The second-order valence-corrected chi connectivity index (χ2v) is 6.95. The van der Waals surface area contributed by atoms with Crippen molar-refractivity contribution in [3.05, 3.63) is 36.7 Å². The van der Waals surface area contributed by atoms with Gasteiger partial charge in [0.1, 0.15) is 0 Å². The first kappa shape index (κ1) is 14.5. The van der Waals surface area contributed by atoms with E-state index in [0.717, 1.165) is 24.3 Å². The molecular formula is C10H10FN3O4S2. The lowest BCUT2D eigenvalue weighted by Crippen LogP contribution is -2.12. The molecule has 20 heavy (non-hydrogen) atoms. The zero-order valence-corrected chi connectivity index (χ0v) is 11.8. The number of aromatic nitrogens is 2. The smallest absolute Gasteiger partial charge is 0.276 e. The van der Waals surface area contributed by atoms with E-state index >= 15 is 0 Å². The summed E-state index contributed by atoms with van der Waals surface area (Å²) in [5.41, 5.74) is 0.259. The molecule has 0 fully saturated rings. The second-order valence-electron chi connectivity index (χ2n) is 3.92. The first-order valence-electron chi connectivity index (χ1n) is 5.25. The Morgan fingerprint density at radius 3 is 2.10 bits per heavy atom. The molecule has 2 aromatic rings. The van der Waals surface area contributed by atoms with Crippen LogP contribution < -0.4 is 4.72 Å². The molecule has 0 radical (unpaired) electrons. The van der Waals surface area contributed by atoms with E-state index in [-0.39, 0.29) is 10.6 Å². The number of hydrogen-bond acceptors (Lipinski definition) is 5. The average molecular weight is 319 g/mol. The molecule has 0 spiro atoms. The van der Waals surface area contributed by atoms with Crippen molar-refractivity contribution in [2.24, 2.45) is 7.05 Å². The maximum absolute atomic E-state index is 12.7. The molecule has 0 aliphatic carbocycles. The van der Waals surface area contributed by atoms with E-state index in [2.05, 4.69) is 9.82 Å². The third-order valence-electron chi connectivity index (χ3n) is 2.37. The molecule has 1 aromatic heterocycles. The highest BCUT2D eigenvalue weighted by atomic mass is 32.3. The number of benzene rings is 1. The van der Waals surface area contributed by atoms with Gasteiger partial charge in [0.15, 0.2) is 0 Å². The van der Waals surface area contributed by atoms with Crippen LogP contribution in [0.1, 0.15) is 0 Å². The number of sulfonamides is 1. The van der Waals surface area contributed by atoms with Crippen molar-refractivity contribution in [2.75, 3.05) is 4.72 Å². The van der Waals surface area contributed by atoms with E-state index in [1.807, 2.05) is 0 Å². The molecule has 108 valence electrons. The predicted molar refractivity (Wildman–Crippen MR) is 68.8 cm³/mol. The molecule has 0 atom stereocenters. The quantitative estimate of drug-likeness (QED) is 0.844. The van der Waals surface area contributed by atoms with E-state index < -0.39 is 25.1 Å². The van der Waals surface area contributed by atoms with Gasteiger partial charge in [-0.15, -0.1) is 3.89 Å². The molecule has 0 aliphatic rings. The highest BCUT2D eigenvalue weighted by molar-refractivity contribution is 7.92. The topological polar surface area (TPSA) is 98.1 Å². The van der Waals surface area contributed by atoms with Crippen molar-refractivity contribution in [2.45, 2.75) is 9.79 Å². The molecule has 0 amide bonds. The molecule has 10 heteroatoms. The van der Waals surface area contributed by atoms with Crippen molar-refractivity contribution in [3.63, 3.8) is 0 Å². The van der Waals surface area contributed by atoms with Gasteiger partial charge < -0.3 is 0 Å². The van der Waals surface area contributed by atoms with E-state index in [4.69, 9.17) is 0 Å². The number of anilines is 1. The fourth-order valence-corrected chi connectivity index (χ4v) is 2.96. The van der Waals surface area contributed by atoms with Crippen molar-refractivity contribution >= 4 is 25.9 Å². The van der Waals surface area contributed by atoms with Gasteiger partial charge in [-0.25, -0.2) is 8.42 Å². The van der Waals surface area contributed by atoms with Gasteiger partial charge in [0.25, 0.3) is 10.0 Å². The summed E-state index contributed by atoms with van der Waals surface area (Å²) in [5, 5.41) is 3.80. The van der Waals surface area contributed by atoms with Gasteiger partial charge in [0.2, 0.25) is 0 Å². The highest BCUT2D eigenvalue weighted by Crippen LogP contribution is 2.18. The second kappa shape index (κ2) is 4.87. The number of nitrogens with one attached hydrogen (secondary N) is 1. The molecule has 0 bridgehead atoms. The SMILES string of the molecule is Cn1cc(NS(=O)(=O)c2ccc(S(=O)(=O)F)cc2)cn1. The zero-order valence-electron chi connectivity index (χ0n) is 10.2. The molecule has 1 N–H and O–H groups in total. The summed E-state index contributed by atoms with van der Waals surface area (Å²) in [7, 11) is -7.11. The molecule has 1 heterocycles. The van der Waals surface area contributed by atoms with E-state index in [9.17, 15) is 20.7 Å². The normalized spacial score (nSPS) is 12.3. The Kier molecular flexibility index (Phi) is 3.52. The van der Waals surface area contributed by atoms with Crippen LogP contribution >= 0.6 is 0 Å².